The highest BCUT2D eigenvalue weighted by atomic mass is 32.1. The van der Waals surface area contributed by atoms with Gasteiger partial charge >= 0.3 is 5.97 Å². The number of carbonyl (C=O) groups is 1. The molecule has 1 aromatic heterocycles. The van der Waals surface area contributed by atoms with Crippen LogP contribution in [-0.2, 0) is 16.1 Å². The maximum Gasteiger partial charge on any atom is 0.338 e. The lowest BCUT2D eigenvalue weighted by Crippen LogP contribution is -2.40. The van der Waals surface area contributed by atoms with E-state index in [9.17, 15) is 9.59 Å². The molecule has 0 N–H and O–H groups in total. The van der Waals surface area contributed by atoms with Crippen molar-refractivity contribution in [3.05, 3.63) is 108 Å². The summed E-state index contributed by atoms with van der Waals surface area (Å²) in [6.07, 6.45) is 1.80. The number of aromatic nitrogens is 1. The lowest BCUT2D eigenvalue weighted by Gasteiger charge is -2.26. The molecule has 44 heavy (non-hydrogen) atoms. The quantitative estimate of drug-likeness (QED) is 0.259. The number of nitrogens with zero attached hydrogens (tertiary/aromatic N) is 2. The molecular weight excluding hydrogens is 584 g/mol. The average molecular weight is 615 g/mol. The van der Waals surface area contributed by atoms with Crippen molar-refractivity contribution in [3.8, 4) is 28.7 Å². The van der Waals surface area contributed by atoms with Crippen molar-refractivity contribution < 1.29 is 33.2 Å². The van der Waals surface area contributed by atoms with Crippen molar-refractivity contribution in [2.24, 2.45) is 4.99 Å². The van der Waals surface area contributed by atoms with Crippen molar-refractivity contribution in [1.29, 1.82) is 0 Å². The number of thiazole rings is 1. The molecule has 3 aromatic carbocycles. The predicted octanol–water partition coefficient (Wildman–Crippen LogP) is 4.12. The van der Waals surface area contributed by atoms with Crippen molar-refractivity contribution >= 4 is 23.4 Å². The lowest BCUT2D eigenvalue weighted by atomic mass is 9.94. The second kappa shape index (κ2) is 12.3. The van der Waals surface area contributed by atoms with Gasteiger partial charge in [0, 0.05) is 5.56 Å². The molecule has 0 radical (unpaired) electrons. The highest BCUT2D eigenvalue weighted by Crippen LogP contribution is 2.38. The Labute approximate surface area is 257 Å². The molecule has 3 heterocycles. The van der Waals surface area contributed by atoms with Gasteiger partial charge < -0.3 is 28.4 Å². The summed E-state index contributed by atoms with van der Waals surface area (Å²) in [5.41, 5.74) is 2.79. The van der Waals surface area contributed by atoms with E-state index in [4.69, 9.17) is 28.4 Å². The summed E-state index contributed by atoms with van der Waals surface area (Å²) in [5.74, 6) is 2.62. The molecular formula is C33H30N2O8S. The van der Waals surface area contributed by atoms with Crippen molar-refractivity contribution in [2.75, 3.05) is 27.6 Å². The van der Waals surface area contributed by atoms with Crippen LogP contribution in [0.3, 0.4) is 0 Å². The molecule has 0 amide bonds. The molecule has 0 fully saturated rings. The summed E-state index contributed by atoms with van der Waals surface area (Å²) in [5, 5.41) is 0. The third kappa shape index (κ3) is 5.53. The number of allylic oxidation sites excluding steroid dienone is 1. The van der Waals surface area contributed by atoms with Gasteiger partial charge in [0.25, 0.3) is 5.56 Å². The molecule has 0 saturated heterocycles. The van der Waals surface area contributed by atoms with Crippen LogP contribution in [0.1, 0.15) is 36.6 Å². The van der Waals surface area contributed by atoms with Gasteiger partial charge in [0.15, 0.2) is 16.3 Å². The van der Waals surface area contributed by atoms with Gasteiger partial charge in [0.2, 0.25) is 6.79 Å². The van der Waals surface area contributed by atoms with Crippen molar-refractivity contribution in [2.45, 2.75) is 26.5 Å². The number of fused-ring (bicyclic) bond motifs is 2. The predicted molar refractivity (Wildman–Crippen MR) is 163 cm³/mol. The van der Waals surface area contributed by atoms with Crippen LogP contribution in [0.4, 0.5) is 0 Å². The lowest BCUT2D eigenvalue weighted by molar-refractivity contribution is -0.139. The summed E-state index contributed by atoms with van der Waals surface area (Å²) in [6, 6.07) is 17.6. The largest absolute Gasteiger partial charge is 0.497 e. The van der Waals surface area contributed by atoms with E-state index in [1.807, 2.05) is 42.5 Å². The zero-order valence-electron chi connectivity index (χ0n) is 24.6. The number of rotatable bonds is 9. The van der Waals surface area contributed by atoms with E-state index in [1.54, 1.807) is 45.2 Å². The molecule has 0 aliphatic carbocycles. The van der Waals surface area contributed by atoms with Gasteiger partial charge in [-0.1, -0.05) is 29.5 Å². The Balaban J connectivity index is 1.34. The van der Waals surface area contributed by atoms with E-state index in [0.717, 1.165) is 16.9 Å². The Morgan fingerprint density at radius 1 is 1.02 bits per heavy atom. The maximum atomic E-state index is 14.0. The number of hydrogen-bond acceptors (Lipinski definition) is 10. The van der Waals surface area contributed by atoms with Gasteiger partial charge in [-0.05, 0) is 73.5 Å². The molecule has 0 spiro atoms. The number of carbonyl (C=O) groups excluding carboxylic acids is 1. The number of methoxy groups -OCH3 is 2. The SMILES string of the molecule is CCOC(=O)C1=C(C)N=c2s/c(=C\c3ccc(OCc4ccc5c(c4)OCO5)cc3)c(=O)n2[C@H]1c1cc(OC)ccc1OC. The molecule has 6 rings (SSSR count). The average Bonchev–Trinajstić information content (AvgIpc) is 3.63. The molecule has 0 saturated carbocycles. The van der Waals surface area contributed by atoms with E-state index in [2.05, 4.69) is 4.99 Å². The van der Waals surface area contributed by atoms with Crippen molar-refractivity contribution in [1.82, 2.24) is 4.57 Å². The van der Waals surface area contributed by atoms with Crippen LogP contribution in [-0.4, -0.2) is 38.2 Å². The van der Waals surface area contributed by atoms with Gasteiger partial charge in [-0.3, -0.25) is 9.36 Å². The molecule has 226 valence electrons. The zero-order valence-corrected chi connectivity index (χ0v) is 25.4. The topological polar surface area (TPSA) is 107 Å². The van der Waals surface area contributed by atoms with Crippen molar-refractivity contribution in [3.63, 3.8) is 0 Å². The number of benzene rings is 3. The molecule has 2 aliphatic heterocycles. The van der Waals surface area contributed by atoms with Crippen LogP contribution in [0.5, 0.6) is 28.7 Å². The fraction of sp³-hybridized carbons (Fsp3) is 0.242. The van der Waals surface area contributed by atoms with Crippen LogP contribution < -0.4 is 38.6 Å². The monoisotopic (exact) mass is 614 g/mol. The van der Waals surface area contributed by atoms with E-state index in [0.29, 0.717) is 50.2 Å². The number of ether oxygens (including phenoxy) is 6. The van der Waals surface area contributed by atoms with Gasteiger partial charge in [-0.25, -0.2) is 9.79 Å². The third-order valence-corrected chi connectivity index (χ3v) is 8.25. The molecule has 1 atom stereocenters. The first-order chi connectivity index (χ1) is 21.4. The Kier molecular flexibility index (Phi) is 8.12. The Bertz CT molecular complexity index is 1940. The van der Waals surface area contributed by atoms with Crippen LogP contribution >= 0.6 is 11.3 Å². The number of hydrogen-bond donors (Lipinski definition) is 0. The van der Waals surface area contributed by atoms with Crippen LogP contribution in [0.25, 0.3) is 6.08 Å². The van der Waals surface area contributed by atoms with Gasteiger partial charge in [-0.15, -0.1) is 0 Å². The molecule has 11 heteroatoms. The van der Waals surface area contributed by atoms with Gasteiger partial charge in [0.1, 0.15) is 29.9 Å². The second-order valence-corrected chi connectivity index (χ2v) is 11.0. The van der Waals surface area contributed by atoms with Crippen LogP contribution in [0.15, 0.2) is 81.7 Å². The fourth-order valence-electron chi connectivity index (χ4n) is 5.15. The minimum atomic E-state index is -0.829. The smallest absolute Gasteiger partial charge is 0.338 e. The Hall–Kier alpha value is -5.03. The first-order valence-corrected chi connectivity index (χ1v) is 14.7. The first kappa shape index (κ1) is 29.1. The maximum absolute atomic E-state index is 14.0. The highest BCUT2D eigenvalue weighted by Gasteiger charge is 2.35. The van der Waals surface area contributed by atoms with E-state index in [1.165, 1.54) is 23.0 Å². The van der Waals surface area contributed by atoms with Gasteiger partial charge in [-0.2, -0.15) is 0 Å². The normalized spacial score (nSPS) is 15.5. The number of esters is 1. The molecule has 4 aromatic rings. The van der Waals surface area contributed by atoms with Crippen LogP contribution in [0, 0.1) is 0 Å². The summed E-state index contributed by atoms with van der Waals surface area (Å²) in [4.78, 5) is 32.3. The summed E-state index contributed by atoms with van der Waals surface area (Å²) in [6.45, 7) is 4.24. The van der Waals surface area contributed by atoms with E-state index in [-0.39, 0.29) is 24.5 Å². The zero-order chi connectivity index (χ0) is 30.8. The standard InChI is InChI=1S/C33H30N2O8S/c1-5-40-32(37)29-19(2)34-33-35(30(29)24-16-23(38-3)11-13-25(24)39-4)31(36)28(44-33)15-20-6-9-22(10-7-20)41-17-21-8-12-26-27(14-21)43-18-42-26/h6-16,30H,5,17-18H2,1-4H3/b28-15-/t30-/m0/s1. The minimum Gasteiger partial charge on any atom is -0.497 e. The van der Waals surface area contributed by atoms with E-state index < -0.39 is 12.0 Å². The summed E-state index contributed by atoms with van der Waals surface area (Å²) < 4.78 is 35.3. The molecule has 0 bridgehead atoms. The fourth-order valence-corrected chi connectivity index (χ4v) is 6.19. The van der Waals surface area contributed by atoms with E-state index >= 15 is 0 Å². The van der Waals surface area contributed by atoms with Gasteiger partial charge in [0.05, 0.1) is 36.6 Å². The summed E-state index contributed by atoms with van der Waals surface area (Å²) >= 11 is 1.25. The second-order valence-electron chi connectivity index (χ2n) is 9.96. The Morgan fingerprint density at radius 3 is 2.55 bits per heavy atom. The molecule has 0 unspecified atom stereocenters. The minimum absolute atomic E-state index is 0.179. The Morgan fingerprint density at radius 2 is 1.80 bits per heavy atom. The first-order valence-electron chi connectivity index (χ1n) is 13.9. The summed E-state index contributed by atoms with van der Waals surface area (Å²) in [7, 11) is 3.09. The highest BCUT2D eigenvalue weighted by molar-refractivity contribution is 7.07. The van der Waals surface area contributed by atoms with Crippen LogP contribution in [0.2, 0.25) is 0 Å². The third-order valence-electron chi connectivity index (χ3n) is 7.27. The molecule has 10 nitrogen and oxygen atoms in total. The molecule has 2 aliphatic rings.